The van der Waals surface area contributed by atoms with E-state index in [1.54, 1.807) is 17.6 Å². The van der Waals surface area contributed by atoms with Crippen molar-refractivity contribution in [2.45, 2.75) is 6.18 Å². The van der Waals surface area contributed by atoms with Gasteiger partial charge in [0.25, 0.3) is 0 Å². The standard InChI is InChI=1S/C16H12F3N5OS/c17-16(18,19)10-2-1-3-11(5-10)23-15-24-13(8-26-15)9-4-12(7-21-6-9)22-14(20)25/h1-8H,(H,23,24)(H3,20,22,25). The minimum atomic E-state index is -4.41. The van der Waals surface area contributed by atoms with Crippen LogP contribution in [0.25, 0.3) is 11.3 Å². The Hall–Kier alpha value is -3.14. The SMILES string of the molecule is NC(=O)Nc1cncc(-c2csc(Nc3cccc(C(F)(F)F)c3)n2)c1. The third-order valence-corrected chi connectivity index (χ3v) is 4.00. The second-order valence-corrected chi connectivity index (χ2v) is 6.05. The minimum absolute atomic E-state index is 0.281. The molecule has 4 N–H and O–H groups in total. The monoisotopic (exact) mass is 379 g/mol. The third-order valence-electron chi connectivity index (χ3n) is 3.25. The van der Waals surface area contributed by atoms with Gasteiger partial charge >= 0.3 is 12.2 Å². The zero-order chi connectivity index (χ0) is 18.7. The lowest BCUT2D eigenvalue weighted by molar-refractivity contribution is -0.137. The first kappa shape index (κ1) is 17.7. The first-order chi connectivity index (χ1) is 12.3. The fourth-order valence-corrected chi connectivity index (χ4v) is 2.89. The summed E-state index contributed by atoms with van der Waals surface area (Å²) in [7, 11) is 0. The molecule has 0 unspecified atom stereocenters. The maximum Gasteiger partial charge on any atom is 0.416 e. The van der Waals surface area contributed by atoms with E-state index in [0.29, 0.717) is 22.1 Å². The summed E-state index contributed by atoms with van der Waals surface area (Å²) in [6.07, 6.45) is -1.43. The van der Waals surface area contributed by atoms with E-state index < -0.39 is 17.8 Å². The van der Waals surface area contributed by atoms with Gasteiger partial charge in [0.1, 0.15) is 0 Å². The molecule has 134 valence electrons. The van der Waals surface area contributed by atoms with E-state index in [1.165, 1.54) is 29.7 Å². The molecule has 26 heavy (non-hydrogen) atoms. The molecule has 0 saturated carbocycles. The number of halogens is 3. The van der Waals surface area contributed by atoms with E-state index in [2.05, 4.69) is 20.6 Å². The summed E-state index contributed by atoms with van der Waals surface area (Å²) in [6.45, 7) is 0. The van der Waals surface area contributed by atoms with E-state index in [0.717, 1.165) is 12.1 Å². The molecule has 3 rings (SSSR count). The Morgan fingerprint density at radius 1 is 1.15 bits per heavy atom. The molecule has 0 fully saturated rings. The third kappa shape index (κ3) is 4.28. The van der Waals surface area contributed by atoms with Gasteiger partial charge in [-0.3, -0.25) is 4.98 Å². The van der Waals surface area contributed by atoms with Crippen molar-refractivity contribution in [2.75, 3.05) is 10.6 Å². The van der Waals surface area contributed by atoms with Crippen LogP contribution in [-0.4, -0.2) is 16.0 Å². The van der Waals surface area contributed by atoms with Crippen LogP contribution in [0.15, 0.2) is 48.1 Å². The van der Waals surface area contributed by atoms with Gasteiger partial charge in [0, 0.05) is 22.8 Å². The van der Waals surface area contributed by atoms with Crippen LogP contribution in [0.4, 0.5) is 34.5 Å². The fraction of sp³-hybridized carbons (Fsp3) is 0.0625. The van der Waals surface area contributed by atoms with Crippen LogP contribution in [0.2, 0.25) is 0 Å². The molecule has 0 aliphatic heterocycles. The number of nitrogens with one attached hydrogen (secondary N) is 2. The van der Waals surface area contributed by atoms with Gasteiger partial charge in [-0.05, 0) is 24.3 Å². The van der Waals surface area contributed by atoms with Crippen molar-refractivity contribution < 1.29 is 18.0 Å². The van der Waals surface area contributed by atoms with Crippen molar-refractivity contribution in [1.82, 2.24) is 9.97 Å². The lowest BCUT2D eigenvalue weighted by Crippen LogP contribution is -2.19. The number of alkyl halides is 3. The van der Waals surface area contributed by atoms with E-state index in [-0.39, 0.29) is 5.69 Å². The highest BCUT2D eigenvalue weighted by molar-refractivity contribution is 7.14. The number of nitrogens with two attached hydrogens (primary N) is 1. The van der Waals surface area contributed by atoms with Crippen LogP contribution in [-0.2, 0) is 6.18 Å². The maximum atomic E-state index is 12.8. The first-order valence-corrected chi connectivity index (χ1v) is 8.11. The number of benzene rings is 1. The number of aromatic nitrogens is 2. The molecule has 0 saturated heterocycles. The Balaban J connectivity index is 1.80. The fourth-order valence-electron chi connectivity index (χ4n) is 2.15. The highest BCUT2D eigenvalue weighted by Crippen LogP contribution is 2.32. The van der Waals surface area contributed by atoms with Crippen LogP contribution in [0.3, 0.4) is 0 Å². The average Bonchev–Trinajstić information content (AvgIpc) is 3.02. The highest BCUT2D eigenvalue weighted by atomic mass is 32.1. The normalized spacial score (nSPS) is 11.2. The average molecular weight is 379 g/mol. The number of anilines is 3. The predicted octanol–water partition coefficient (Wildman–Crippen LogP) is 4.46. The summed E-state index contributed by atoms with van der Waals surface area (Å²) >= 11 is 1.23. The second-order valence-electron chi connectivity index (χ2n) is 5.19. The number of carbonyl (C=O) groups excluding carboxylic acids is 1. The van der Waals surface area contributed by atoms with Crippen LogP contribution < -0.4 is 16.4 Å². The zero-order valence-corrected chi connectivity index (χ0v) is 13.9. The van der Waals surface area contributed by atoms with E-state index >= 15 is 0 Å². The van der Waals surface area contributed by atoms with Crippen molar-refractivity contribution >= 4 is 33.9 Å². The van der Waals surface area contributed by atoms with Crippen molar-refractivity contribution in [3.63, 3.8) is 0 Å². The van der Waals surface area contributed by atoms with Gasteiger partial charge in [-0.15, -0.1) is 11.3 Å². The Morgan fingerprint density at radius 2 is 1.96 bits per heavy atom. The van der Waals surface area contributed by atoms with Crippen LogP contribution in [0.1, 0.15) is 5.56 Å². The Labute approximate surface area is 149 Å². The molecule has 0 aliphatic rings. The molecule has 1 aromatic carbocycles. The second kappa shape index (κ2) is 7.00. The molecule has 2 heterocycles. The number of amides is 2. The number of pyridine rings is 1. The first-order valence-electron chi connectivity index (χ1n) is 7.23. The summed E-state index contributed by atoms with van der Waals surface area (Å²) < 4.78 is 38.3. The Kier molecular flexibility index (Phi) is 4.76. The lowest BCUT2D eigenvalue weighted by atomic mass is 10.2. The van der Waals surface area contributed by atoms with Crippen molar-refractivity contribution in [3.8, 4) is 11.3 Å². The molecule has 0 bridgehead atoms. The number of primary amides is 1. The number of hydrogen-bond donors (Lipinski definition) is 3. The number of nitrogens with zero attached hydrogens (tertiary/aromatic N) is 2. The van der Waals surface area contributed by atoms with Crippen molar-refractivity contribution in [2.24, 2.45) is 5.73 Å². The van der Waals surface area contributed by atoms with Crippen LogP contribution >= 0.6 is 11.3 Å². The number of urea groups is 1. The van der Waals surface area contributed by atoms with Gasteiger partial charge in [-0.2, -0.15) is 13.2 Å². The molecule has 2 aromatic heterocycles. The zero-order valence-electron chi connectivity index (χ0n) is 13.0. The number of rotatable bonds is 4. The van der Waals surface area contributed by atoms with Gasteiger partial charge in [0.05, 0.1) is 23.1 Å². The number of carbonyl (C=O) groups is 1. The Morgan fingerprint density at radius 3 is 2.69 bits per heavy atom. The molecular weight excluding hydrogens is 367 g/mol. The maximum absolute atomic E-state index is 12.8. The number of thiazole rings is 1. The quantitative estimate of drug-likeness (QED) is 0.624. The largest absolute Gasteiger partial charge is 0.416 e. The van der Waals surface area contributed by atoms with Gasteiger partial charge in [0.15, 0.2) is 5.13 Å². The minimum Gasteiger partial charge on any atom is -0.351 e. The summed E-state index contributed by atoms with van der Waals surface area (Å²) in [5.41, 5.74) is 6.21. The van der Waals surface area contributed by atoms with E-state index in [1.807, 2.05) is 0 Å². The molecule has 2 amide bonds. The van der Waals surface area contributed by atoms with Gasteiger partial charge in [-0.1, -0.05) is 6.07 Å². The topological polar surface area (TPSA) is 92.9 Å². The lowest BCUT2D eigenvalue weighted by Gasteiger charge is -2.09. The Bertz CT molecular complexity index is 941. The molecule has 0 atom stereocenters. The van der Waals surface area contributed by atoms with Crippen LogP contribution in [0, 0.1) is 0 Å². The molecule has 0 spiro atoms. The van der Waals surface area contributed by atoms with Gasteiger partial charge in [-0.25, -0.2) is 9.78 Å². The van der Waals surface area contributed by atoms with Crippen molar-refractivity contribution in [3.05, 3.63) is 53.7 Å². The molecule has 6 nitrogen and oxygen atoms in total. The number of hydrogen-bond acceptors (Lipinski definition) is 5. The van der Waals surface area contributed by atoms with E-state index in [9.17, 15) is 18.0 Å². The molecule has 3 aromatic rings. The highest BCUT2D eigenvalue weighted by Gasteiger charge is 2.30. The molecule has 0 radical (unpaired) electrons. The predicted molar refractivity (Wildman–Crippen MR) is 93.3 cm³/mol. The summed E-state index contributed by atoms with van der Waals surface area (Å²) in [5, 5.41) is 7.41. The smallest absolute Gasteiger partial charge is 0.351 e. The summed E-state index contributed by atoms with van der Waals surface area (Å²) in [6, 6.07) is 5.79. The summed E-state index contributed by atoms with van der Waals surface area (Å²) in [5.74, 6) is 0. The summed E-state index contributed by atoms with van der Waals surface area (Å²) in [4.78, 5) is 19.2. The van der Waals surface area contributed by atoms with E-state index in [4.69, 9.17) is 5.73 Å². The van der Waals surface area contributed by atoms with Crippen molar-refractivity contribution in [1.29, 1.82) is 0 Å². The molecular formula is C16H12F3N5OS. The van der Waals surface area contributed by atoms with Gasteiger partial charge in [0.2, 0.25) is 0 Å². The van der Waals surface area contributed by atoms with Gasteiger partial charge < -0.3 is 16.4 Å². The van der Waals surface area contributed by atoms with Crippen LogP contribution in [0.5, 0.6) is 0 Å². The molecule has 10 heteroatoms. The molecule has 0 aliphatic carbocycles.